The van der Waals surface area contributed by atoms with Gasteiger partial charge in [-0.2, -0.15) is 0 Å². The molecule has 0 spiro atoms. The Morgan fingerprint density at radius 1 is 1.26 bits per heavy atom. The largest absolute Gasteiger partial charge is 0.497 e. The molecule has 19 heavy (non-hydrogen) atoms. The number of benzene rings is 1. The van der Waals surface area contributed by atoms with Crippen molar-refractivity contribution in [3.05, 3.63) is 29.8 Å². The van der Waals surface area contributed by atoms with Crippen LogP contribution in [0.1, 0.15) is 12.0 Å². The van der Waals surface area contributed by atoms with Crippen molar-refractivity contribution < 1.29 is 18.0 Å². The molecule has 0 atom stereocenters. The Balaban J connectivity index is 2.59. The van der Waals surface area contributed by atoms with Crippen LogP contribution in [0.25, 0.3) is 0 Å². The van der Waals surface area contributed by atoms with Gasteiger partial charge in [0, 0.05) is 6.54 Å². The number of hydrogen-bond acceptors (Lipinski definition) is 5. The van der Waals surface area contributed by atoms with Gasteiger partial charge in [0.25, 0.3) is 0 Å². The van der Waals surface area contributed by atoms with Crippen LogP contribution in [0.4, 0.5) is 0 Å². The molecule has 0 aliphatic rings. The summed E-state index contributed by atoms with van der Waals surface area (Å²) in [5.41, 5.74) is 6.23. The fourth-order valence-corrected chi connectivity index (χ4v) is 2.12. The Hall–Kier alpha value is -1.15. The maximum absolute atomic E-state index is 11.5. The van der Waals surface area contributed by atoms with E-state index in [9.17, 15) is 8.42 Å². The molecule has 0 unspecified atom stereocenters. The molecule has 0 heterocycles. The second-order valence-corrected chi connectivity index (χ2v) is 5.93. The van der Waals surface area contributed by atoms with Gasteiger partial charge in [-0.05, 0) is 30.7 Å². The summed E-state index contributed by atoms with van der Waals surface area (Å²) in [7, 11) is -1.80. The van der Waals surface area contributed by atoms with Crippen LogP contribution in [0, 0.1) is 0 Å². The zero-order chi connectivity index (χ0) is 14.3. The number of hydroxylamine groups is 1. The standard InChI is InChI=1S/C12H20N2O4S/c1-17-12-6-4-11(5-7-12)10-18-14(9-3-8-13)19(2,15)16/h4-7H,3,8-10,13H2,1-2H3. The molecule has 0 fully saturated rings. The second kappa shape index (κ2) is 7.44. The normalized spacial score (nSPS) is 11.8. The van der Waals surface area contributed by atoms with Crippen LogP contribution in [-0.2, 0) is 21.5 Å². The molecule has 6 nitrogen and oxygen atoms in total. The predicted molar refractivity (Wildman–Crippen MR) is 73.0 cm³/mol. The van der Waals surface area contributed by atoms with E-state index in [1.165, 1.54) is 0 Å². The summed E-state index contributed by atoms with van der Waals surface area (Å²) in [4.78, 5) is 5.32. The molecule has 1 aromatic carbocycles. The molecule has 0 saturated carbocycles. The Labute approximate surface area is 114 Å². The Morgan fingerprint density at radius 3 is 2.37 bits per heavy atom. The van der Waals surface area contributed by atoms with Gasteiger partial charge in [0.15, 0.2) is 0 Å². The molecule has 7 heteroatoms. The summed E-state index contributed by atoms with van der Waals surface area (Å²) < 4.78 is 29.0. The van der Waals surface area contributed by atoms with Gasteiger partial charge < -0.3 is 10.5 Å². The average molecular weight is 288 g/mol. The molecular formula is C12H20N2O4S. The number of methoxy groups -OCH3 is 1. The topological polar surface area (TPSA) is 81.9 Å². The fourth-order valence-electron chi connectivity index (χ4n) is 1.41. The summed E-state index contributed by atoms with van der Waals surface area (Å²) in [6.07, 6.45) is 1.66. The quantitative estimate of drug-likeness (QED) is 0.713. The van der Waals surface area contributed by atoms with E-state index in [2.05, 4.69) is 0 Å². The zero-order valence-corrected chi connectivity index (χ0v) is 12.0. The highest BCUT2D eigenvalue weighted by molar-refractivity contribution is 7.88. The summed E-state index contributed by atoms with van der Waals surface area (Å²) >= 11 is 0. The van der Waals surface area contributed by atoms with Crippen LogP contribution in [-0.4, -0.2) is 39.3 Å². The van der Waals surface area contributed by atoms with Crippen LogP contribution >= 0.6 is 0 Å². The monoisotopic (exact) mass is 288 g/mol. The zero-order valence-electron chi connectivity index (χ0n) is 11.2. The summed E-state index contributed by atoms with van der Waals surface area (Å²) in [6, 6.07) is 7.23. The number of rotatable bonds is 8. The van der Waals surface area contributed by atoms with E-state index >= 15 is 0 Å². The number of hydrogen-bond donors (Lipinski definition) is 1. The lowest BCUT2D eigenvalue weighted by Gasteiger charge is -2.19. The molecule has 1 rings (SSSR count). The van der Waals surface area contributed by atoms with Crippen LogP contribution in [0.2, 0.25) is 0 Å². The van der Waals surface area contributed by atoms with E-state index in [4.69, 9.17) is 15.3 Å². The average Bonchev–Trinajstić information content (AvgIpc) is 2.38. The maximum atomic E-state index is 11.5. The summed E-state index contributed by atoms with van der Waals surface area (Å²) in [5.74, 6) is 0.742. The van der Waals surface area contributed by atoms with E-state index in [1.807, 2.05) is 12.1 Å². The van der Waals surface area contributed by atoms with Gasteiger partial charge in [-0.25, -0.2) is 8.42 Å². The van der Waals surface area contributed by atoms with Crippen molar-refractivity contribution in [3.63, 3.8) is 0 Å². The molecule has 0 bridgehead atoms. The molecule has 0 amide bonds. The number of ether oxygens (including phenoxy) is 1. The van der Waals surface area contributed by atoms with Crippen LogP contribution in [0.15, 0.2) is 24.3 Å². The highest BCUT2D eigenvalue weighted by atomic mass is 32.2. The van der Waals surface area contributed by atoms with Gasteiger partial charge in [-0.15, -0.1) is 0 Å². The maximum Gasteiger partial charge on any atom is 0.233 e. The van der Waals surface area contributed by atoms with E-state index in [0.717, 1.165) is 22.0 Å². The number of nitrogens with zero attached hydrogens (tertiary/aromatic N) is 1. The van der Waals surface area contributed by atoms with E-state index in [0.29, 0.717) is 13.0 Å². The Bertz CT molecular complexity index is 473. The van der Waals surface area contributed by atoms with Gasteiger partial charge in [0.1, 0.15) is 5.75 Å². The van der Waals surface area contributed by atoms with Crippen molar-refractivity contribution >= 4 is 10.0 Å². The Kier molecular flexibility index (Phi) is 6.23. The highest BCUT2D eigenvalue weighted by Gasteiger charge is 2.16. The van der Waals surface area contributed by atoms with Crippen molar-refractivity contribution in [2.45, 2.75) is 13.0 Å². The van der Waals surface area contributed by atoms with Gasteiger partial charge >= 0.3 is 0 Å². The lowest BCUT2D eigenvalue weighted by molar-refractivity contribution is -0.0956. The third-order valence-electron chi connectivity index (χ3n) is 2.45. The van der Waals surface area contributed by atoms with Crippen molar-refractivity contribution in [3.8, 4) is 5.75 Å². The van der Waals surface area contributed by atoms with Gasteiger partial charge in [0.2, 0.25) is 10.0 Å². The smallest absolute Gasteiger partial charge is 0.233 e. The molecule has 108 valence electrons. The summed E-state index contributed by atoms with van der Waals surface area (Å²) in [6.45, 7) is 0.852. The van der Waals surface area contributed by atoms with E-state index < -0.39 is 10.0 Å². The first-order valence-electron chi connectivity index (χ1n) is 5.91. The van der Waals surface area contributed by atoms with Crippen molar-refractivity contribution in [1.29, 1.82) is 0 Å². The first kappa shape index (κ1) is 15.9. The molecule has 0 aromatic heterocycles. The first-order valence-corrected chi connectivity index (χ1v) is 7.76. The molecule has 2 N–H and O–H groups in total. The third kappa shape index (κ3) is 5.56. The van der Waals surface area contributed by atoms with Crippen molar-refractivity contribution in [2.75, 3.05) is 26.5 Å². The predicted octanol–water partition coefficient (Wildman–Crippen LogP) is 0.737. The van der Waals surface area contributed by atoms with Crippen LogP contribution in [0.3, 0.4) is 0 Å². The molecule has 0 aliphatic carbocycles. The number of sulfonamides is 1. The summed E-state index contributed by atoms with van der Waals surface area (Å²) in [5, 5.41) is 0. The van der Waals surface area contributed by atoms with Crippen molar-refractivity contribution in [1.82, 2.24) is 4.47 Å². The molecule has 1 aromatic rings. The minimum atomic E-state index is -3.39. The molecular weight excluding hydrogens is 268 g/mol. The van der Waals surface area contributed by atoms with Crippen molar-refractivity contribution in [2.24, 2.45) is 5.73 Å². The molecule has 0 radical (unpaired) electrons. The van der Waals surface area contributed by atoms with Gasteiger partial charge in [-0.3, -0.25) is 4.84 Å². The second-order valence-electron chi connectivity index (χ2n) is 4.05. The van der Waals surface area contributed by atoms with Crippen LogP contribution in [0.5, 0.6) is 5.75 Å². The van der Waals surface area contributed by atoms with E-state index in [1.54, 1.807) is 19.2 Å². The minimum Gasteiger partial charge on any atom is -0.497 e. The fraction of sp³-hybridized carbons (Fsp3) is 0.500. The van der Waals surface area contributed by atoms with Gasteiger partial charge in [0.05, 0.1) is 20.0 Å². The lowest BCUT2D eigenvalue weighted by Crippen LogP contribution is -2.32. The highest BCUT2D eigenvalue weighted by Crippen LogP contribution is 2.13. The van der Waals surface area contributed by atoms with Crippen LogP contribution < -0.4 is 10.5 Å². The minimum absolute atomic E-state index is 0.182. The SMILES string of the molecule is COc1ccc(CON(CCCN)S(C)(=O)=O)cc1. The Morgan fingerprint density at radius 2 is 1.89 bits per heavy atom. The first-order chi connectivity index (χ1) is 8.97. The lowest BCUT2D eigenvalue weighted by atomic mass is 10.2. The third-order valence-corrected chi connectivity index (χ3v) is 3.48. The van der Waals surface area contributed by atoms with Gasteiger partial charge in [-0.1, -0.05) is 16.6 Å². The molecule has 0 aliphatic heterocycles. The molecule has 0 saturated heterocycles. The number of nitrogens with two attached hydrogens (primary N) is 1. The van der Waals surface area contributed by atoms with E-state index in [-0.39, 0.29) is 13.2 Å².